The molecule has 0 bridgehead atoms. The van der Waals surface area contributed by atoms with Gasteiger partial charge in [-0.1, -0.05) is 48.0 Å². The summed E-state index contributed by atoms with van der Waals surface area (Å²) >= 11 is 7.55. The average molecular weight is 488 g/mol. The summed E-state index contributed by atoms with van der Waals surface area (Å²) in [5.41, 5.74) is 6.32. The second kappa shape index (κ2) is 9.41. The molecule has 2 aromatic heterocycles. The van der Waals surface area contributed by atoms with Gasteiger partial charge in [-0.05, 0) is 42.3 Å². The smallest absolute Gasteiger partial charge is 0.259 e. The molecule has 1 aliphatic carbocycles. The summed E-state index contributed by atoms with van der Waals surface area (Å²) in [5.74, 6) is 0.457. The van der Waals surface area contributed by atoms with Crippen LogP contribution in [0.5, 0.6) is 5.75 Å². The SMILES string of the molecule is COc1ccccc1-c1cc(C)ncc1C(=O)Nc1nc2c(s1)CC(c1ccc(Cl)cc1)=CC2. The number of ether oxygens (including phenoxy) is 1. The number of benzene rings is 2. The van der Waals surface area contributed by atoms with E-state index in [1.165, 1.54) is 16.9 Å². The van der Waals surface area contributed by atoms with Gasteiger partial charge in [-0.15, -0.1) is 11.3 Å². The molecule has 2 aromatic carbocycles. The molecular weight excluding hydrogens is 466 g/mol. The molecule has 2 heterocycles. The Morgan fingerprint density at radius 2 is 1.91 bits per heavy atom. The van der Waals surface area contributed by atoms with Gasteiger partial charge < -0.3 is 4.74 Å². The Balaban J connectivity index is 1.39. The minimum atomic E-state index is -0.245. The maximum atomic E-state index is 13.3. The van der Waals surface area contributed by atoms with Crippen LogP contribution in [0.25, 0.3) is 16.7 Å². The third kappa shape index (κ3) is 4.47. The van der Waals surface area contributed by atoms with E-state index in [2.05, 4.69) is 21.4 Å². The molecule has 0 saturated heterocycles. The first-order chi connectivity index (χ1) is 16.5. The quantitative estimate of drug-likeness (QED) is 0.344. The number of aromatic nitrogens is 2. The number of nitrogens with one attached hydrogen (secondary N) is 1. The fourth-order valence-electron chi connectivity index (χ4n) is 4.08. The first-order valence-electron chi connectivity index (χ1n) is 10.9. The van der Waals surface area contributed by atoms with Gasteiger partial charge in [0.05, 0.1) is 18.4 Å². The summed E-state index contributed by atoms with van der Waals surface area (Å²) in [7, 11) is 1.62. The van der Waals surface area contributed by atoms with Crippen molar-refractivity contribution in [1.82, 2.24) is 9.97 Å². The molecule has 0 saturated carbocycles. The van der Waals surface area contributed by atoms with Crippen molar-refractivity contribution in [3.05, 3.63) is 99.3 Å². The number of hydrogen-bond donors (Lipinski definition) is 1. The van der Waals surface area contributed by atoms with Gasteiger partial charge in [0.1, 0.15) is 5.75 Å². The maximum Gasteiger partial charge on any atom is 0.259 e. The van der Waals surface area contributed by atoms with Gasteiger partial charge in [0.15, 0.2) is 5.13 Å². The van der Waals surface area contributed by atoms with Crippen molar-refractivity contribution >= 4 is 39.5 Å². The van der Waals surface area contributed by atoms with Crippen LogP contribution in [0, 0.1) is 6.92 Å². The highest BCUT2D eigenvalue weighted by Gasteiger charge is 2.21. The molecule has 0 fully saturated rings. The van der Waals surface area contributed by atoms with Crippen molar-refractivity contribution in [3.63, 3.8) is 0 Å². The van der Waals surface area contributed by atoms with Crippen LogP contribution in [0.3, 0.4) is 0 Å². The van der Waals surface area contributed by atoms with Gasteiger partial charge in [-0.2, -0.15) is 0 Å². The number of fused-ring (bicyclic) bond motifs is 1. The summed E-state index contributed by atoms with van der Waals surface area (Å²) < 4.78 is 5.53. The Bertz CT molecular complexity index is 1410. The molecule has 34 heavy (non-hydrogen) atoms. The van der Waals surface area contributed by atoms with Crippen molar-refractivity contribution in [2.45, 2.75) is 19.8 Å². The van der Waals surface area contributed by atoms with Gasteiger partial charge >= 0.3 is 0 Å². The van der Waals surface area contributed by atoms with Crippen LogP contribution in [0.1, 0.15) is 32.2 Å². The zero-order chi connectivity index (χ0) is 23.7. The predicted octanol–water partition coefficient (Wildman–Crippen LogP) is 6.61. The van der Waals surface area contributed by atoms with Crippen LogP contribution < -0.4 is 10.1 Å². The van der Waals surface area contributed by atoms with E-state index < -0.39 is 0 Å². The largest absolute Gasteiger partial charge is 0.496 e. The number of thiazole rings is 1. The van der Waals surface area contributed by atoms with E-state index in [1.54, 1.807) is 13.3 Å². The number of carbonyl (C=O) groups is 1. The average Bonchev–Trinajstić information content (AvgIpc) is 3.25. The molecule has 0 radical (unpaired) electrons. The summed E-state index contributed by atoms with van der Waals surface area (Å²) in [6, 6.07) is 17.4. The molecule has 7 heteroatoms. The van der Waals surface area contributed by atoms with E-state index in [0.717, 1.165) is 50.8 Å². The fraction of sp³-hybridized carbons (Fsp3) is 0.148. The molecule has 5 nitrogen and oxygen atoms in total. The number of pyridine rings is 1. The molecule has 1 amide bonds. The van der Waals surface area contributed by atoms with Crippen LogP contribution in [0.2, 0.25) is 5.02 Å². The van der Waals surface area contributed by atoms with Crippen LogP contribution in [-0.4, -0.2) is 23.0 Å². The molecule has 170 valence electrons. The number of hydrogen-bond acceptors (Lipinski definition) is 5. The minimum absolute atomic E-state index is 0.245. The van der Waals surface area contributed by atoms with Crippen molar-refractivity contribution in [1.29, 1.82) is 0 Å². The number of para-hydroxylation sites is 1. The van der Waals surface area contributed by atoms with Crippen molar-refractivity contribution in [3.8, 4) is 16.9 Å². The number of methoxy groups -OCH3 is 1. The molecule has 0 unspecified atom stereocenters. The number of allylic oxidation sites excluding steroid dienone is 2. The van der Waals surface area contributed by atoms with Gasteiger partial charge in [0.25, 0.3) is 5.91 Å². The monoisotopic (exact) mass is 487 g/mol. The molecular formula is C27H22ClN3O2S. The number of aryl methyl sites for hydroxylation is 1. The minimum Gasteiger partial charge on any atom is -0.496 e. The van der Waals surface area contributed by atoms with E-state index in [9.17, 15) is 4.79 Å². The van der Waals surface area contributed by atoms with E-state index in [4.69, 9.17) is 16.3 Å². The zero-order valence-corrected chi connectivity index (χ0v) is 20.3. The van der Waals surface area contributed by atoms with Crippen LogP contribution >= 0.6 is 22.9 Å². The van der Waals surface area contributed by atoms with E-state index >= 15 is 0 Å². The lowest BCUT2D eigenvalue weighted by Crippen LogP contribution is -2.14. The highest BCUT2D eigenvalue weighted by atomic mass is 35.5. The summed E-state index contributed by atoms with van der Waals surface area (Å²) in [6.45, 7) is 1.90. The number of halogens is 1. The number of nitrogens with zero attached hydrogens (tertiary/aromatic N) is 2. The lowest BCUT2D eigenvalue weighted by Gasteiger charge is -2.13. The highest BCUT2D eigenvalue weighted by molar-refractivity contribution is 7.16. The number of carbonyl (C=O) groups excluding carboxylic acids is 1. The first kappa shape index (κ1) is 22.3. The van der Waals surface area contributed by atoms with Crippen molar-refractivity contribution in [2.24, 2.45) is 0 Å². The van der Waals surface area contributed by atoms with E-state index in [-0.39, 0.29) is 5.91 Å². The number of anilines is 1. The molecule has 1 aliphatic rings. The Kier molecular flexibility index (Phi) is 6.18. The van der Waals surface area contributed by atoms with E-state index in [1.807, 2.05) is 61.5 Å². The lowest BCUT2D eigenvalue weighted by atomic mass is 9.95. The summed E-state index contributed by atoms with van der Waals surface area (Å²) in [5, 5.41) is 4.31. The Morgan fingerprint density at radius 1 is 1.12 bits per heavy atom. The standard InChI is InChI=1S/C27H22ClN3O2S/c1-16-13-21(20-5-3-4-6-24(20)33-2)22(15-29-16)26(32)31-27-30-23-12-9-18(14-25(23)34-27)17-7-10-19(28)11-8-17/h3-11,13,15H,12,14H2,1-2H3,(H,30,31,32). The topological polar surface area (TPSA) is 64.1 Å². The van der Waals surface area contributed by atoms with Gasteiger partial charge in [-0.3, -0.25) is 15.1 Å². The highest BCUT2D eigenvalue weighted by Crippen LogP contribution is 2.35. The van der Waals surface area contributed by atoms with Crippen LogP contribution in [0.15, 0.2) is 66.9 Å². The third-order valence-electron chi connectivity index (χ3n) is 5.79. The lowest BCUT2D eigenvalue weighted by molar-refractivity contribution is 0.102. The Hall–Kier alpha value is -3.48. The fourth-order valence-corrected chi connectivity index (χ4v) is 5.21. The van der Waals surface area contributed by atoms with Crippen molar-refractivity contribution < 1.29 is 9.53 Å². The number of rotatable bonds is 5. The maximum absolute atomic E-state index is 13.3. The second-order valence-corrected chi connectivity index (χ2v) is 9.55. The zero-order valence-electron chi connectivity index (χ0n) is 18.8. The second-order valence-electron chi connectivity index (χ2n) is 8.03. The molecule has 0 aliphatic heterocycles. The molecule has 1 N–H and O–H groups in total. The predicted molar refractivity (Wildman–Crippen MR) is 138 cm³/mol. The number of amides is 1. The van der Waals surface area contributed by atoms with Gasteiger partial charge in [0, 0.05) is 45.8 Å². The Labute approximate surface area is 207 Å². The molecule has 5 rings (SSSR count). The molecule has 0 spiro atoms. The summed E-state index contributed by atoms with van der Waals surface area (Å²) in [4.78, 5) is 23.5. The first-order valence-corrected chi connectivity index (χ1v) is 12.1. The third-order valence-corrected chi connectivity index (χ3v) is 7.05. The molecule has 4 aromatic rings. The van der Waals surface area contributed by atoms with Gasteiger partial charge in [0.2, 0.25) is 0 Å². The Morgan fingerprint density at radius 3 is 2.71 bits per heavy atom. The van der Waals surface area contributed by atoms with Gasteiger partial charge in [-0.25, -0.2) is 4.98 Å². The van der Waals surface area contributed by atoms with Crippen LogP contribution in [0.4, 0.5) is 5.13 Å². The van der Waals surface area contributed by atoms with Crippen LogP contribution in [-0.2, 0) is 12.8 Å². The molecule has 0 atom stereocenters. The normalized spacial score (nSPS) is 12.6. The van der Waals surface area contributed by atoms with Crippen molar-refractivity contribution in [2.75, 3.05) is 12.4 Å². The van der Waals surface area contributed by atoms with E-state index in [0.29, 0.717) is 16.4 Å². The summed E-state index contributed by atoms with van der Waals surface area (Å²) in [6.07, 6.45) is 5.32.